The lowest BCUT2D eigenvalue weighted by atomic mass is 10.1. The molecule has 1 heterocycles. The van der Waals surface area contributed by atoms with Crippen molar-refractivity contribution in [3.05, 3.63) is 60.2 Å². The molecular formula is C21H27N3O3S. The van der Waals surface area contributed by atoms with Gasteiger partial charge in [0.25, 0.3) is 5.91 Å². The molecule has 0 unspecified atom stereocenters. The van der Waals surface area contributed by atoms with E-state index in [0.717, 1.165) is 18.8 Å². The highest BCUT2D eigenvalue weighted by Crippen LogP contribution is 2.18. The number of nitrogens with zero attached hydrogens (tertiary/aromatic N) is 2. The number of benzene rings is 2. The molecule has 1 fully saturated rings. The second-order valence-electron chi connectivity index (χ2n) is 7.99. The molecule has 1 aliphatic rings. The lowest BCUT2D eigenvalue weighted by molar-refractivity contribution is 0.0746. The summed E-state index contributed by atoms with van der Waals surface area (Å²) >= 11 is 0. The average Bonchev–Trinajstić information content (AvgIpc) is 2.66. The van der Waals surface area contributed by atoms with Crippen molar-refractivity contribution in [2.24, 2.45) is 0 Å². The zero-order chi connectivity index (χ0) is 20.4. The number of hydrogen-bond acceptors (Lipinski definition) is 4. The van der Waals surface area contributed by atoms with Gasteiger partial charge in [-0.15, -0.1) is 0 Å². The van der Waals surface area contributed by atoms with Crippen LogP contribution in [0.5, 0.6) is 0 Å². The molecular weight excluding hydrogens is 374 g/mol. The van der Waals surface area contributed by atoms with E-state index in [9.17, 15) is 13.2 Å². The summed E-state index contributed by atoms with van der Waals surface area (Å²) in [4.78, 5) is 17.0. The van der Waals surface area contributed by atoms with Crippen LogP contribution in [0.1, 0.15) is 31.1 Å². The number of hydrogen-bond donors (Lipinski definition) is 1. The van der Waals surface area contributed by atoms with Crippen molar-refractivity contribution in [3.63, 3.8) is 0 Å². The predicted molar refractivity (Wildman–Crippen MR) is 111 cm³/mol. The van der Waals surface area contributed by atoms with E-state index in [1.165, 1.54) is 12.1 Å². The Morgan fingerprint density at radius 2 is 1.46 bits per heavy atom. The van der Waals surface area contributed by atoms with Gasteiger partial charge in [0.15, 0.2) is 0 Å². The van der Waals surface area contributed by atoms with Gasteiger partial charge in [0, 0.05) is 43.0 Å². The molecule has 6 nitrogen and oxygen atoms in total. The Kier molecular flexibility index (Phi) is 5.76. The summed E-state index contributed by atoms with van der Waals surface area (Å²) < 4.78 is 27.4. The summed E-state index contributed by atoms with van der Waals surface area (Å²) in [7, 11) is -3.60. The van der Waals surface area contributed by atoms with Gasteiger partial charge in [-0.3, -0.25) is 4.79 Å². The molecule has 1 aliphatic heterocycles. The van der Waals surface area contributed by atoms with Crippen LogP contribution < -0.4 is 9.62 Å². The molecule has 0 spiro atoms. The van der Waals surface area contributed by atoms with Crippen LogP contribution in [0.25, 0.3) is 0 Å². The van der Waals surface area contributed by atoms with Gasteiger partial charge in [0.05, 0.1) is 4.90 Å². The fraction of sp³-hybridized carbons (Fsp3) is 0.381. The van der Waals surface area contributed by atoms with Gasteiger partial charge >= 0.3 is 0 Å². The Labute approximate surface area is 167 Å². The molecule has 2 aromatic carbocycles. The van der Waals surface area contributed by atoms with E-state index in [1.807, 2.05) is 23.1 Å². The normalized spacial score (nSPS) is 15.5. The molecule has 1 saturated heterocycles. The zero-order valence-corrected chi connectivity index (χ0v) is 17.4. The van der Waals surface area contributed by atoms with Gasteiger partial charge in [-0.05, 0) is 57.2 Å². The van der Waals surface area contributed by atoms with Crippen LogP contribution in [-0.4, -0.2) is 50.9 Å². The summed E-state index contributed by atoms with van der Waals surface area (Å²) in [5.74, 6) is -0.0690. The number of carbonyl (C=O) groups is 1. The lowest BCUT2D eigenvalue weighted by Gasteiger charge is -2.36. The minimum atomic E-state index is -3.60. The number of carbonyl (C=O) groups excluding carboxylic acids is 1. The van der Waals surface area contributed by atoms with Crippen LogP contribution in [0, 0.1) is 0 Å². The molecule has 0 bridgehead atoms. The van der Waals surface area contributed by atoms with Crippen LogP contribution in [0.2, 0.25) is 0 Å². The number of para-hydroxylation sites is 1. The highest BCUT2D eigenvalue weighted by molar-refractivity contribution is 7.89. The Hall–Kier alpha value is -2.38. The summed E-state index contributed by atoms with van der Waals surface area (Å²) in [5.41, 5.74) is 1.10. The smallest absolute Gasteiger partial charge is 0.253 e. The molecule has 0 radical (unpaired) electrons. The third kappa shape index (κ3) is 4.91. The van der Waals surface area contributed by atoms with Crippen LogP contribution in [-0.2, 0) is 10.0 Å². The fourth-order valence-electron chi connectivity index (χ4n) is 3.23. The van der Waals surface area contributed by atoms with Gasteiger partial charge in [-0.2, -0.15) is 0 Å². The lowest BCUT2D eigenvalue weighted by Crippen LogP contribution is -2.48. The van der Waals surface area contributed by atoms with Gasteiger partial charge in [0.1, 0.15) is 0 Å². The van der Waals surface area contributed by atoms with Gasteiger partial charge in [0.2, 0.25) is 10.0 Å². The van der Waals surface area contributed by atoms with Gasteiger partial charge in [-0.1, -0.05) is 18.2 Å². The van der Waals surface area contributed by atoms with E-state index in [4.69, 9.17) is 0 Å². The second kappa shape index (κ2) is 7.93. The Morgan fingerprint density at radius 3 is 2.00 bits per heavy atom. The number of piperazine rings is 1. The maximum absolute atomic E-state index is 12.8. The largest absolute Gasteiger partial charge is 0.368 e. The summed E-state index contributed by atoms with van der Waals surface area (Å²) in [6.45, 7) is 8.20. The Bertz CT molecular complexity index is 912. The van der Waals surface area contributed by atoms with E-state index in [0.29, 0.717) is 18.7 Å². The summed E-state index contributed by atoms with van der Waals surface area (Å²) in [6, 6.07) is 16.3. The van der Waals surface area contributed by atoms with Crippen molar-refractivity contribution in [2.45, 2.75) is 31.2 Å². The SMILES string of the molecule is CC(C)(C)NS(=O)(=O)c1ccc(C(=O)N2CCN(c3ccccc3)CC2)cc1. The third-order valence-electron chi connectivity index (χ3n) is 4.54. The second-order valence-corrected chi connectivity index (χ2v) is 9.68. The molecule has 3 rings (SSSR count). The highest BCUT2D eigenvalue weighted by Gasteiger charge is 2.24. The minimum absolute atomic E-state index is 0.0690. The molecule has 2 aromatic rings. The number of amides is 1. The molecule has 0 saturated carbocycles. The molecule has 0 aliphatic carbocycles. The van der Waals surface area contributed by atoms with Crippen LogP contribution in [0.3, 0.4) is 0 Å². The van der Waals surface area contributed by atoms with E-state index in [2.05, 4.69) is 21.8 Å². The van der Waals surface area contributed by atoms with E-state index < -0.39 is 15.6 Å². The van der Waals surface area contributed by atoms with Crippen LogP contribution in [0.15, 0.2) is 59.5 Å². The van der Waals surface area contributed by atoms with Crippen molar-refractivity contribution >= 4 is 21.6 Å². The number of rotatable bonds is 4. The first-order valence-electron chi connectivity index (χ1n) is 9.39. The molecule has 1 amide bonds. The fourth-order valence-corrected chi connectivity index (χ4v) is 4.65. The average molecular weight is 402 g/mol. The van der Waals surface area contributed by atoms with Crippen LogP contribution in [0.4, 0.5) is 5.69 Å². The topological polar surface area (TPSA) is 69.7 Å². The highest BCUT2D eigenvalue weighted by atomic mass is 32.2. The van der Waals surface area contributed by atoms with Crippen molar-refractivity contribution < 1.29 is 13.2 Å². The first-order chi connectivity index (χ1) is 13.2. The summed E-state index contributed by atoms with van der Waals surface area (Å²) in [5, 5.41) is 0. The van der Waals surface area contributed by atoms with E-state index in [1.54, 1.807) is 32.9 Å². The summed E-state index contributed by atoms with van der Waals surface area (Å²) in [6.07, 6.45) is 0. The Morgan fingerprint density at radius 1 is 0.893 bits per heavy atom. The molecule has 150 valence electrons. The van der Waals surface area contributed by atoms with Crippen molar-refractivity contribution in [2.75, 3.05) is 31.1 Å². The van der Waals surface area contributed by atoms with E-state index in [-0.39, 0.29) is 10.8 Å². The number of anilines is 1. The standard InChI is InChI=1S/C21H27N3O3S/c1-21(2,3)22-28(26,27)19-11-9-17(10-12-19)20(25)24-15-13-23(14-16-24)18-7-5-4-6-8-18/h4-12,22H,13-16H2,1-3H3. The maximum atomic E-state index is 12.8. The van der Waals surface area contributed by atoms with Gasteiger partial charge < -0.3 is 9.80 Å². The van der Waals surface area contributed by atoms with Crippen molar-refractivity contribution in [1.29, 1.82) is 0 Å². The first-order valence-corrected chi connectivity index (χ1v) is 10.9. The van der Waals surface area contributed by atoms with E-state index >= 15 is 0 Å². The quantitative estimate of drug-likeness (QED) is 0.855. The number of sulfonamides is 1. The number of nitrogens with one attached hydrogen (secondary N) is 1. The first kappa shape index (κ1) is 20.4. The zero-order valence-electron chi connectivity index (χ0n) is 16.6. The van der Waals surface area contributed by atoms with Crippen molar-refractivity contribution in [1.82, 2.24) is 9.62 Å². The van der Waals surface area contributed by atoms with Crippen molar-refractivity contribution in [3.8, 4) is 0 Å². The van der Waals surface area contributed by atoms with Gasteiger partial charge in [-0.25, -0.2) is 13.1 Å². The minimum Gasteiger partial charge on any atom is -0.368 e. The van der Waals surface area contributed by atoms with Crippen LogP contribution >= 0.6 is 0 Å². The maximum Gasteiger partial charge on any atom is 0.253 e. The monoisotopic (exact) mass is 401 g/mol. The molecule has 1 N–H and O–H groups in total. The Balaban J connectivity index is 1.64. The molecule has 0 aromatic heterocycles. The predicted octanol–water partition coefficient (Wildman–Crippen LogP) is 2.73. The third-order valence-corrected chi connectivity index (χ3v) is 6.31. The molecule has 28 heavy (non-hydrogen) atoms. The molecule has 0 atom stereocenters. The molecule has 7 heteroatoms.